The molecule has 42 heavy (non-hydrogen) atoms. The van der Waals surface area contributed by atoms with Gasteiger partial charge in [0.15, 0.2) is 0 Å². The largest absolute Gasteiger partial charge is 0.466 e. The van der Waals surface area contributed by atoms with Gasteiger partial charge in [-0.25, -0.2) is 9.59 Å². The summed E-state index contributed by atoms with van der Waals surface area (Å²) < 4.78 is 10.7. The van der Waals surface area contributed by atoms with Crippen LogP contribution in [0, 0.1) is 10.1 Å². The van der Waals surface area contributed by atoms with Crippen molar-refractivity contribution in [1.29, 1.82) is 0 Å². The molecule has 1 atom stereocenters. The highest BCUT2D eigenvalue weighted by Crippen LogP contribution is 2.44. The van der Waals surface area contributed by atoms with E-state index in [-0.39, 0.29) is 35.9 Å². The van der Waals surface area contributed by atoms with Crippen LogP contribution >= 0.6 is 0 Å². The molecule has 0 radical (unpaired) electrons. The second-order valence-electron chi connectivity index (χ2n) is 10.0. The molecule has 0 aliphatic carbocycles. The van der Waals surface area contributed by atoms with E-state index in [1.165, 1.54) is 25.3 Å². The van der Waals surface area contributed by atoms with E-state index >= 15 is 0 Å². The molecule has 1 heterocycles. The predicted octanol–water partition coefficient (Wildman–Crippen LogP) is 5.44. The Kier molecular flexibility index (Phi) is 9.88. The Bertz CT molecular complexity index is 1460. The zero-order valence-electron chi connectivity index (χ0n) is 24.0. The number of nitrogens with zero attached hydrogens (tertiary/aromatic N) is 2. The third-order valence-electron chi connectivity index (χ3n) is 7.60. The number of nitrogens with two attached hydrogens (primary N) is 1. The Labute approximate surface area is 245 Å². The van der Waals surface area contributed by atoms with Crippen molar-refractivity contribution in [3.05, 3.63) is 134 Å². The lowest BCUT2D eigenvalue weighted by atomic mass is 9.79. The van der Waals surface area contributed by atoms with Crippen LogP contribution in [-0.2, 0) is 19.1 Å². The fraction of sp³-hybridized carbons (Fsp3) is 0.273. The van der Waals surface area contributed by atoms with E-state index in [0.717, 1.165) is 11.1 Å². The number of nitro benzene ring substituents is 1. The molecule has 0 saturated heterocycles. The van der Waals surface area contributed by atoms with Gasteiger partial charge in [0.1, 0.15) is 6.61 Å². The summed E-state index contributed by atoms with van der Waals surface area (Å²) in [6, 6.07) is 26.3. The second-order valence-corrected chi connectivity index (χ2v) is 10.0. The summed E-state index contributed by atoms with van der Waals surface area (Å²) in [6.45, 7) is 4.19. The number of non-ortho nitro benzene ring substituents is 1. The molecule has 4 rings (SSSR count). The summed E-state index contributed by atoms with van der Waals surface area (Å²) in [5.74, 6) is -2.15. The molecule has 9 heteroatoms. The lowest BCUT2D eigenvalue weighted by molar-refractivity contribution is -0.384. The van der Waals surface area contributed by atoms with Gasteiger partial charge in [-0.05, 0) is 37.0 Å². The maximum Gasteiger partial charge on any atom is 0.336 e. The summed E-state index contributed by atoms with van der Waals surface area (Å²) in [5, 5.41) is 11.6. The summed E-state index contributed by atoms with van der Waals surface area (Å²) in [5.41, 5.74) is 9.80. The van der Waals surface area contributed by atoms with E-state index in [4.69, 9.17) is 15.2 Å². The highest BCUT2D eigenvalue weighted by atomic mass is 16.6. The van der Waals surface area contributed by atoms with Crippen molar-refractivity contribution in [2.45, 2.75) is 32.1 Å². The van der Waals surface area contributed by atoms with Crippen molar-refractivity contribution >= 4 is 17.6 Å². The van der Waals surface area contributed by atoms with Crippen LogP contribution in [0.2, 0.25) is 0 Å². The molecule has 0 saturated carbocycles. The van der Waals surface area contributed by atoms with Crippen molar-refractivity contribution in [3.8, 4) is 0 Å². The Hall–Kier alpha value is -4.76. The first-order chi connectivity index (χ1) is 20.3. The number of rotatable bonds is 11. The van der Waals surface area contributed by atoms with Gasteiger partial charge in [0, 0.05) is 42.5 Å². The first kappa shape index (κ1) is 30.2. The standard InChI is InChI=1S/C33H35N3O6/c1-22-29(32(37)41-3)31(26-15-10-16-27(21-26)36(39)40)30(33(38)42-20-18-34)23(2)35(22)19-17-28(24-11-6-4-7-12-24)25-13-8-5-9-14-25/h4-16,21,28,31H,17-20,34H2,1-3H3. The molecule has 1 unspecified atom stereocenters. The van der Waals surface area contributed by atoms with Gasteiger partial charge in [0.2, 0.25) is 0 Å². The Morgan fingerprint density at radius 2 is 1.48 bits per heavy atom. The van der Waals surface area contributed by atoms with Crippen molar-refractivity contribution in [2.75, 3.05) is 26.8 Å². The minimum absolute atomic E-state index is 0.0163. The number of carbonyl (C=O) groups excluding carboxylic acids is 2. The third kappa shape index (κ3) is 6.42. The van der Waals surface area contributed by atoms with Gasteiger partial charge in [-0.15, -0.1) is 0 Å². The minimum Gasteiger partial charge on any atom is -0.466 e. The molecule has 1 aliphatic heterocycles. The molecule has 2 N–H and O–H groups in total. The van der Waals surface area contributed by atoms with Gasteiger partial charge in [0.05, 0.1) is 29.1 Å². The van der Waals surface area contributed by atoms with Gasteiger partial charge in [-0.2, -0.15) is 0 Å². The predicted molar refractivity (Wildman–Crippen MR) is 159 cm³/mol. The number of esters is 2. The smallest absolute Gasteiger partial charge is 0.336 e. The van der Waals surface area contributed by atoms with Crippen LogP contribution in [-0.4, -0.2) is 48.6 Å². The average molecular weight is 570 g/mol. The molecule has 3 aromatic carbocycles. The molecule has 0 aromatic heterocycles. The summed E-state index contributed by atoms with van der Waals surface area (Å²) in [6.07, 6.45) is 0.670. The van der Waals surface area contributed by atoms with Crippen LogP contribution in [0.1, 0.15) is 48.8 Å². The number of nitro groups is 1. The van der Waals surface area contributed by atoms with Gasteiger partial charge in [-0.3, -0.25) is 10.1 Å². The maximum atomic E-state index is 13.6. The van der Waals surface area contributed by atoms with Gasteiger partial charge in [0.25, 0.3) is 5.69 Å². The maximum absolute atomic E-state index is 13.6. The molecule has 0 fully saturated rings. The van der Waals surface area contributed by atoms with E-state index in [1.807, 2.05) is 48.2 Å². The molecule has 0 amide bonds. The Morgan fingerprint density at radius 1 is 0.905 bits per heavy atom. The van der Waals surface area contributed by atoms with E-state index in [2.05, 4.69) is 24.3 Å². The summed E-state index contributed by atoms with van der Waals surface area (Å²) >= 11 is 0. The Morgan fingerprint density at radius 3 is 2.00 bits per heavy atom. The van der Waals surface area contributed by atoms with Gasteiger partial charge in [-0.1, -0.05) is 72.8 Å². The topological polar surface area (TPSA) is 125 Å². The SMILES string of the molecule is COC(=O)C1=C(C)N(CCC(c2ccccc2)c2ccccc2)C(C)=C(C(=O)OCCN)C1c1cccc([N+](=O)[O-])c1. The number of ether oxygens (including phenoxy) is 2. The average Bonchev–Trinajstić information content (AvgIpc) is 3.01. The fourth-order valence-electron chi connectivity index (χ4n) is 5.62. The molecule has 1 aliphatic rings. The molecule has 0 spiro atoms. The monoisotopic (exact) mass is 569 g/mol. The van der Waals surface area contributed by atoms with E-state index in [0.29, 0.717) is 29.9 Å². The number of methoxy groups -OCH3 is 1. The first-order valence-corrected chi connectivity index (χ1v) is 13.8. The van der Waals surface area contributed by atoms with E-state index in [9.17, 15) is 19.7 Å². The summed E-state index contributed by atoms with van der Waals surface area (Å²) in [7, 11) is 1.27. The van der Waals surface area contributed by atoms with Crippen LogP contribution < -0.4 is 5.73 Å². The molecule has 218 valence electrons. The highest BCUT2D eigenvalue weighted by Gasteiger charge is 2.41. The van der Waals surface area contributed by atoms with E-state index in [1.54, 1.807) is 13.0 Å². The van der Waals surface area contributed by atoms with Crippen LogP contribution in [0.4, 0.5) is 5.69 Å². The van der Waals surface area contributed by atoms with E-state index < -0.39 is 22.8 Å². The van der Waals surface area contributed by atoms with Crippen LogP contribution in [0.15, 0.2) is 107 Å². The van der Waals surface area contributed by atoms with Gasteiger partial charge < -0.3 is 20.1 Å². The molecular weight excluding hydrogens is 534 g/mol. The molecular formula is C33H35N3O6. The third-order valence-corrected chi connectivity index (χ3v) is 7.60. The quantitative estimate of drug-likeness (QED) is 0.184. The highest BCUT2D eigenvalue weighted by molar-refractivity contribution is 6.00. The zero-order valence-corrected chi connectivity index (χ0v) is 24.0. The lowest BCUT2D eigenvalue weighted by Gasteiger charge is -2.38. The zero-order chi connectivity index (χ0) is 30.2. The molecule has 0 bridgehead atoms. The van der Waals surface area contributed by atoms with Gasteiger partial charge >= 0.3 is 11.9 Å². The Balaban J connectivity index is 1.83. The molecule has 9 nitrogen and oxygen atoms in total. The number of hydrogen-bond donors (Lipinski definition) is 1. The number of allylic oxidation sites excluding steroid dienone is 2. The van der Waals surface area contributed by atoms with Crippen molar-refractivity contribution in [3.63, 3.8) is 0 Å². The normalized spacial score (nSPS) is 15.2. The minimum atomic E-state index is -0.932. The van der Waals surface area contributed by atoms with Crippen molar-refractivity contribution in [1.82, 2.24) is 4.90 Å². The van der Waals surface area contributed by atoms with Crippen LogP contribution in [0.3, 0.4) is 0 Å². The fourth-order valence-corrected chi connectivity index (χ4v) is 5.62. The van der Waals surface area contributed by atoms with Crippen LogP contribution in [0.5, 0.6) is 0 Å². The van der Waals surface area contributed by atoms with Crippen LogP contribution in [0.25, 0.3) is 0 Å². The number of benzene rings is 3. The van der Waals surface area contributed by atoms with Crippen molar-refractivity contribution < 1.29 is 24.0 Å². The second kappa shape index (κ2) is 13.7. The molecule has 3 aromatic rings. The summed E-state index contributed by atoms with van der Waals surface area (Å²) in [4.78, 5) is 40.0. The lowest BCUT2D eigenvalue weighted by Crippen LogP contribution is -2.36. The number of carbonyl (C=O) groups is 2. The first-order valence-electron chi connectivity index (χ1n) is 13.8. The number of hydrogen-bond acceptors (Lipinski definition) is 8. The van der Waals surface area contributed by atoms with Crippen molar-refractivity contribution in [2.24, 2.45) is 5.73 Å².